The minimum atomic E-state index is -2.14. The molecular formula is C33H41NO13. The summed E-state index contributed by atoms with van der Waals surface area (Å²) in [5.74, 6) is -4.60. The second-order valence-electron chi connectivity index (χ2n) is 13.4. The Labute approximate surface area is 272 Å². The van der Waals surface area contributed by atoms with Crippen LogP contribution < -0.4 is 9.47 Å². The lowest BCUT2D eigenvalue weighted by Gasteiger charge is -2.61. The van der Waals surface area contributed by atoms with E-state index in [0.29, 0.717) is 30.9 Å². The summed E-state index contributed by atoms with van der Waals surface area (Å²) in [6.45, 7) is 8.69. The highest BCUT2D eigenvalue weighted by Gasteiger charge is 2.72. The van der Waals surface area contributed by atoms with Crippen molar-refractivity contribution in [1.82, 2.24) is 4.90 Å². The maximum atomic E-state index is 13.8. The summed E-state index contributed by atoms with van der Waals surface area (Å²) < 4.78 is 38.6. The number of hydrogen-bond donors (Lipinski definition) is 1. The van der Waals surface area contributed by atoms with E-state index in [0.717, 1.165) is 25.0 Å². The first-order valence-corrected chi connectivity index (χ1v) is 15.4. The highest BCUT2D eigenvalue weighted by atomic mass is 16.7. The highest BCUT2D eigenvalue weighted by molar-refractivity contribution is 5.90. The van der Waals surface area contributed by atoms with Gasteiger partial charge in [0.2, 0.25) is 12.2 Å². The number of piperidine rings is 1. The van der Waals surface area contributed by atoms with E-state index in [-0.39, 0.29) is 18.2 Å². The maximum Gasteiger partial charge on any atom is 0.357 e. The number of methoxy groups -OCH3 is 1. The van der Waals surface area contributed by atoms with Crippen molar-refractivity contribution in [2.24, 2.45) is 0 Å². The molecule has 0 aromatic heterocycles. The van der Waals surface area contributed by atoms with Crippen LogP contribution in [0, 0.1) is 0 Å². The molecule has 1 unspecified atom stereocenters. The number of nitrogens with zero attached hydrogens (tertiary/aromatic N) is 1. The van der Waals surface area contributed by atoms with Gasteiger partial charge in [0.25, 0.3) is 0 Å². The van der Waals surface area contributed by atoms with E-state index < -0.39 is 70.9 Å². The number of rotatable bonds is 9. The Morgan fingerprint density at radius 1 is 1.00 bits per heavy atom. The van der Waals surface area contributed by atoms with Gasteiger partial charge in [0, 0.05) is 31.9 Å². The average Bonchev–Trinajstić information content (AvgIpc) is 3.32. The van der Waals surface area contributed by atoms with Gasteiger partial charge in [-0.15, -0.1) is 0 Å². The first-order valence-electron chi connectivity index (χ1n) is 15.4. The number of esters is 5. The molecule has 4 aliphatic rings. The summed E-state index contributed by atoms with van der Waals surface area (Å²) in [6.07, 6.45) is -4.04. The zero-order chi connectivity index (χ0) is 34.6. The van der Waals surface area contributed by atoms with E-state index in [2.05, 4.69) is 4.90 Å². The third-order valence-electron chi connectivity index (χ3n) is 9.13. The van der Waals surface area contributed by atoms with Crippen molar-refractivity contribution in [2.45, 2.75) is 108 Å². The third kappa shape index (κ3) is 5.81. The molecule has 1 saturated heterocycles. The van der Waals surface area contributed by atoms with Crippen molar-refractivity contribution in [2.75, 3.05) is 20.7 Å². The molecular weight excluding hydrogens is 618 g/mol. The van der Waals surface area contributed by atoms with Crippen LogP contribution in [0.5, 0.6) is 11.5 Å². The molecule has 0 saturated carbocycles. The molecule has 47 heavy (non-hydrogen) atoms. The first kappa shape index (κ1) is 34.2. The topological polar surface area (TPSA) is 173 Å². The Hall–Kier alpha value is -4.17. The molecule has 256 valence electrons. The minimum absolute atomic E-state index is 0.0169. The molecule has 7 atom stereocenters. The lowest BCUT2D eigenvalue weighted by Crippen LogP contribution is -2.74. The number of benzene rings is 1. The highest BCUT2D eigenvalue weighted by Crippen LogP contribution is 2.65. The van der Waals surface area contributed by atoms with Crippen LogP contribution in [-0.4, -0.2) is 102 Å². The van der Waals surface area contributed by atoms with Crippen molar-refractivity contribution >= 4 is 29.8 Å². The Bertz CT molecular complexity index is 1530. The molecule has 0 amide bonds. The van der Waals surface area contributed by atoms with Gasteiger partial charge in [-0.25, -0.2) is 14.4 Å². The van der Waals surface area contributed by atoms with Crippen LogP contribution in [0.4, 0.5) is 0 Å². The molecule has 1 N–H and O–H groups in total. The van der Waals surface area contributed by atoms with Gasteiger partial charge in [0.05, 0.1) is 18.1 Å². The third-order valence-corrected chi connectivity index (χ3v) is 9.13. The van der Waals surface area contributed by atoms with Crippen LogP contribution in [0.25, 0.3) is 0 Å². The van der Waals surface area contributed by atoms with Crippen molar-refractivity contribution in [3.05, 3.63) is 35.1 Å². The number of likely N-dealkylation sites (tertiary alicyclic amines) is 1. The number of hydrogen-bond acceptors (Lipinski definition) is 14. The van der Waals surface area contributed by atoms with Gasteiger partial charge in [-0.2, -0.15) is 0 Å². The number of likely N-dealkylation sites (N-methyl/N-ethyl adjacent to an activating group) is 1. The zero-order valence-electron chi connectivity index (χ0n) is 27.7. The lowest BCUT2D eigenvalue weighted by atomic mass is 9.50. The predicted octanol–water partition coefficient (Wildman–Crippen LogP) is 1.65. The van der Waals surface area contributed by atoms with E-state index in [1.807, 2.05) is 13.1 Å². The molecule has 14 nitrogen and oxygen atoms in total. The summed E-state index contributed by atoms with van der Waals surface area (Å²) in [5, 5.41) is 12.4. The van der Waals surface area contributed by atoms with Crippen LogP contribution >= 0.6 is 0 Å². The second-order valence-corrected chi connectivity index (χ2v) is 13.4. The summed E-state index contributed by atoms with van der Waals surface area (Å²) in [5.41, 5.74) is -1.42. The van der Waals surface area contributed by atoms with Gasteiger partial charge in [-0.05, 0) is 71.8 Å². The van der Waals surface area contributed by atoms with Crippen LogP contribution in [0.15, 0.2) is 24.0 Å². The molecule has 1 aromatic carbocycles. The van der Waals surface area contributed by atoms with E-state index in [1.165, 1.54) is 14.0 Å². The van der Waals surface area contributed by atoms with E-state index in [1.54, 1.807) is 32.9 Å². The molecule has 2 bridgehead atoms. The minimum Gasteiger partial charge on any atom is -0.493 e. The Kier molecular flexibility index (Phi) is 8.82. The normalized spacial score (nSPS) is 27.5. The van der Waals surface area contributed by atoms with Gasteiger partial charge < -0.3 is 43.2 Å². The fraction of sp³-hybridized carbons (Fsp3) is 0.606. The number of carbonyl (C=O) groups is 5. The van der Waals surface area contributed by atoms with Crippen LogP contribution in [0.1, 0.15) is 65.5 Å². The largest absolute Gasteiger partial charge is 0.493 e. The SMILES string of the molecule is COc1ccc2c3c1O[C@H]1C(OC(=O)[C@H](OC(C)=O)[C@@H](OC(C)=O)C(=O)OC(C)C(=O)OC(C)(C)C)=CC[C@@]4(O)[C@@H](C2)N(C)CC[C@]314. The predicted molar refractivity (Wildman–Crippen MR) is 160 cm³/mol. The molecule has 5 rings (SSSR count). The second kappa shape index (κ2) is 12.1. The number of carbonyl (C=O) groups excluding carboxylic acids is 5. The average molecular weight is 660 g/mol. The van der Waals surface area contributed by atoms with E-state index in [9.17, 15) is 29.1 Å². The van der Waals surface area contributed by atoms with Crippen LogP contribution in [0.2, 0.25) is 0 Å². The van der Waals surface area contributed by atoms with Crippen molar-refractivity contribution in [3.8, 4) is 11.5 Å². The van der Waals surface area contributed by atoms with Crippen LogP contribution in [-0.2, 0) is 59.5 Å². The summed E-state index contributed by atoms with van der Waals surface area (Å²) in [6, 6.07) is 3.49. The molecule has 2 aliphatic carbocycles. The fourth-order valence-electron chi connectivity index (χ4n) is 7.26. The zero-order valence-corrected chi connectivity index (χ0v) is 27.7. The van der Waals surface area contributed by atoms with E-state index in [4.69, 9.17) is 33.2 Å². The van der Waals surface area contributed by atoms with Crippen LogP contribution in [0.3, 0.4) is 0 Å². The summed E-state index contributed by atoms with van der Waals surface area (Å²) in [4.78, 5) is 66.0. The van der Waals surface area contributed by atoms with Gasteiger partial charge in [-0.1, -0.05) is 6.07 Å². The van der Waals surface area contributed by atoms with Crippen molar-refractivity contribution in [1.29, 1.82) is 0 Å². The monoisotopic (exact) mass is 659 g/mol. The van der Waals surface area contributed by atoms with E-state index >= 15 is 0 Å². The maximum absolute atomic E-state index is 13.8. The Morgan fingerprint density at radius 2 is 1.64 bits per heavy atom. The van der Waals surface area contributed by atoms with Gasteiger partial charge in [-0.3, -0.25) is 9.59 Å². The molecule has 0 radical (unpaired) electrons. The standard InChI is InChI=1S/C33H41NO13/c1-16(28(37)47-31(4,5)6)42-29(38)25(43-17(2)35)26(44-18(3)36)30(39)45-21-11-12-33(40)22-15-19-9-10-20(41-8)24-23(19)32(33,27(21)46-24)13-14-34(22)7/h9-11,16,22,25-27,40H,12-15H2,1-8H3/t16?,22-,25-,26-,27+,32+,33-/m1/s1. The molecule has 1 fully saturated rings. The fourth-order valence-corrected chi connectivity index (χ4v) is 7.26. The summed E-state index contributed by atoms with van der Waals surface area (Å²) in [7, 11) is 3.46. The molecule has 14 heteroatoms. The molecule has 1 aromatic rings. The van der Waals surface area contributed by atoms with Gasteiger partial charge in [0.1, 0.15) is 11.4 Å². The van der Waals surface area contributed by atoms with Crippen molar-refractivity contribution in [3.63, 3.8) is 0 Å². The molecule has 2 heterocycles. The lowest BCUT2D eigenvalue weighted by molar-refractivity contribution is -0.196. The van der Waals surface area contributed by atoms with Crippen molar-refractivity contribution < 1.29 is 62.2 Å². The quantitative estimate of drug-likeness (QED) is 0.299. The first-order chi connectivity index (χ1) is 21.9. The molecule has 1 spiro atoms. The number of aliphatic hydroxyl groups is 1. The Balaban J connectivity index is 1.47. The number of ether oxygens (including phenoxy) is 7. The summed E-state index contributed by atoms with van der Waals surface area (Å²) >= 11 is 0. The smallest absolute Gasteiger partial charge is 0.357 e. The Morgan fingerprint density at radius 3 is 2.23 bits per heavy atom. The van der Waals surface area contributed by atoms with Gasteiger partial charge >= 0.3 is 29.8 Å². The molecule has 2 aliphatic heterocycles. The van der Waals surface area contributed by atoms with Gasteiger partial charge in [0.15, 0.2) is 23.7 Å².